The van der Waals surface area contributed by atoms with Crippen LogP contribution in [0.3, 0.4) is 0 Å². The number of methoxy groups -OCH3 is 1. The van der Waals surface area contributed by atoms with Gasteiger partial charge in [0.05, 0.1) is 13.7 Å². The number of furan rings is 1. The molecule has 1 N–H and O–H groups in total. The van der Waals surface area contributed by atoms with Crippen LogP contribution in [0.2, 0.25) is 0 Å². The first kappa shape index (κ1) is 15.5. The van der Waals surface area contributed by atoms with E-state index in [1.165, 1.54) is 6.07 Å². The molecule has 0 amide bonds. The summed E-state index contributed by atoms with van der Waals surface area (Å²) in [7, 11) is 1.60. The van der Waals surface area contributed by atoms with Crippen LogP contribution in [0.4, 0.5) is 8.78 Å². The minimum Gasteiger partial charge on any atom is -0.493 e. The monoisotopic (exact) mass is 317 g/mol. The molecule has 0 saturated carbocycles. The lowest BCUT2D eigenvalue weighted by molar-refractivity contribution is 0.404. The number of halogens is 2. The van der Waals surface area contributed by atoms with Crippen LogP contribution >= 0.6 is 0 Å². The van der Waals surface area contributed by atoms with Crippen LogP contribution in [0.15, 0.2) is 46.9 Å². The molecular formula is C18H17F2NO2. The molecule has 5 heteroatoms. The maximum absolute atomic E-state index is 13.3. The van der Waals surface area contributed by atoms with Crippen LogP contribution in [0, 0.1) is 11.6 Å². The molecule has 23 heavy (non-hydrogen) atoms. The number of rotatable bonds is 5. The Kier molecular flexibility index (Phi) is 4.30. The third-order valence-electron chi connectivity index (χ3n) is 3.81. The first-order valence-electron chi connectivity index (χ1n) is 7.32. The smallest absolute Gasteiger partial charge is 0.176 e. The van der Waals surface area contributed by atoms with E-state index >= 15 is 0 Å². The van der Waals surface area contributed by atoms with Gasteiger partial charge in [0.25, 0.3) is 0 Å². The second-order valence-electron chi connectivity index (χ2n) is 5.37. The highest BCUT2D eigenvalue weighted by molar-refractivity contribution is 5.83. The van der Waals surface area contributed by atoms with Crippen LogP contribution in [0.25, 0.3) is 11.0 Å². The lowest BCUT2D eigenvalue weighted by Gasteiger charge is -2.13. The van der Waals surface area contributed by atoms with Gasteiger partial charge in [-0.2, -0.15) is 0 Å². The molecule has 0 spiro atoms. The molecule has 2 aromatic carbocycles. The van der Waals surface area contributed by atoms with Gasteiger partial charge in [0.15, 0.2) is 23.0 Å². The fourth-order valence-electron chi connectivity index (χ4n) is 2.49. The number of hydrogen-bond donors (Lipinski definition) is 1. The fraction of sp³-hybridized carbons (Fsp3) is 0.222. The van der Waals surface area contributed by atoms with Crippen molar-refractivity contribution in [3.63, 3.8) is 0 Å². The molecule has 0 bridgehead atoms. The summed E-state index contributed by atoms with van der Waals surface area (Å²) in [4.78, 5) is 0. The molecule has 120 valence electrons. The van der Waals surface area contributed by atoms with E-state index in [4.69, 9.17) is 9.15 Å². The van der Waals surface area contributed by atoms with Crippen molar-refractivity contribution >= 4 is 11.0 Å². The topological polar surface area (TPSA) is 34.4 Å². The van der Waals surface area contributed by atoms with Gasteiger partial charge < -0.3 is 14.5 Å². The Morgan fingerprint density at radius 3 is 2.70 bits per heavy atom. The van der Waals surface area contributed by atoms with Crippen LogP contribution in [-0.2, 0) is 6.54 Å². The quantitative estimate of drug-likeness (QED) is 0.748. The minimum absolute atomic E-state index is 0.139. The number of benzene rings is 2. The summed E-state index contributed by atoms with van der Waals surface area (Å²) in [5.74, 6) is -0.253. The number of ether oxygens (including phenoxy) is 1. The van der Waals surface area contributed by atoms with E-state index in [1.54, 1.807) is 13.2 Å². The van der Waals surface area contributed by atoms with E-state index < -0.39 is 11.6 Å². The fourth-order valence-corrected chi connectivity index (χ4v) is 2.49. The molecule has 0 radical (unpaired) electrons. The Labute approximate surface area is 132 Å². The third-order valence-corrected chi connectivity index (χ3v) is 3.81. The summed E-state index contributed by atoms with van der Waals surface area (Å²) in [5, 5.41) is 4.20. The molecule has 0 aliphatic rings. The number of nitrogens with one attached hydrogen (secondary N) is 1. The predicted octanol–water partition coefficient (Wildman–Crippen LogP) is 4.57. The lowest BCUT2D eigenvalue weighted by atomic mass is 10.1. The molecule has 3 rings (SSSR count). The minimum atomic E-state index is -0.843. The molecule has 0 fully saturated rings. The zero-order valence-corrected chi connectivity index (χ0v) is 12.9. The number of para-hydroxylation sites is 1. The second-order valence-corrected chi connectivity index (χ2v) is 5.37. The standard InChI is InChI=1S/C18H17F2NO2/c1-11(12-6-7-15(19)16(20)9-12)21-10-14-8-13-4-3-5-17(22-2)18(13)23-14/h3-9,11,21H,10H2,1-2H3/t11-/m0/s1. The summed E-state index contributed by atoms with van der Waals surface area (Å²) in [6, 6.07) is 11.4. The van der Waals surface area contributed by atoms with Gasteiger partial charge in [0, 0.05) is 11.4 Å². The molecule has 3 aromatic rings. The molecule has 1 atom stereocenters. The summed E-state index contributed by atoms with van der Waals surface area (Å²) < 4.78 is 37.3. The van der Waals surface area contributed by atoms with E-state index in [0.29, 0.717) is 23.4 Å². The normalized spacial score (nSPS) is 12.5. The molecule has 0 aliphatic carbocycles. The van der Waals surface area contributed by atoms with E-state index in [-0.39, 0.29) is 6.04 Å². The summed E-state index contributed by atoms with van der Waals surface area (Å²) in [5.41, 5.74) is 1.38. The van der Waals surface area contributed by atoms with Crippen LogP contribution in [0.1, 0.15) is 24.3 Å². The third kappa shape index (κ3) is 3.19. The van der Waals surface area contributed by atoms with Gasteiger partial charge in [-0.3, -0.25) is 0 Å². The highest BCUT2D eigenvalue weighted by Crippen LogP contribution is 2.28. The Morgan fingerprint density at radius 2 is 1.96 bits per heavy atom. The van der Waals surface area contributed by atoms with Crippen molar-refractivity contribution in [1.82, 2.24) is 5.32 Å². The van der Waals surface area contributed by atoms with E-state index in [0.717, 1.165) is 17.2 Å². The van der Waals surface area contributed by atoms with E-state index in [9.17, 15) is 8.78 Å². The van der Waals surface area contributed by atoms with Gasteiger partial charge in [-0.15, -0.1) is 0 Å². The summed E-state index contributed by atoms with van der Waals surface area (Å²) in [6.45, 7) is 2.36. The van der Waals surface area contributed by atoms with E-state index in [1.807, 2.05) is 31.2 Å². The zero-order chi connectivity index (χ0) is 16.4. The summed E-state index contributed by atoms with van der Waals surface area (Å²) >= 11 is 0. The largest absolute Gasteiger partial charge is 0.493 e. The molecule has 0 aliphatic heterocycles. The molecular weight excluding hydrogens is 300 g/mol. The Hall–Kier alpha value is -2.40. The average Bonchev–Trinajstić information content (AvgIpc) is 2.98. The molecule has 0 saturated heterocycles. The van der Waals surface area contributed by atoms with Crippen molar-refractivity contribution in [2.45, 2.75) is 19.5 Å². The predicted molar refractivity (Wildman–Crippen MR) is 84.4 cm³/mol. The van der Waals surface area contributed by atoms with Gasteiger partial charge in [-0.25, -0.2) is 8.78 Å². The number of fused-ring (bicyclic) bond motifs is 1. The van der Waals surface area contributed by atoms with Crippen molar-refractivity contribution in [2.75, 3.05) is 7.11 Å². The van der Waals surface area contributed by atoms with Crippen molar-refractivity contribution in [3.8, 4) is 5.75 Å². The molecule has 1 aromatic heterocycles. The van der Waals surface area contributed by atoms with Gasteiger partial charge in [0.2, 0.25) is 0 Å². The summed E-state index contributed by atoms with van der Waals surface area (Å²) in [6.07, 6.45) is 0. The molecule has 1 heterocycles. The van der Waals surface area contributed by atoms with Crippen molar-refractivity contribution in [2.24, 2.45) is 0 Å². The Balaban J connectivity index is 1.73. The maximum Gasteiger partial charge on any atom is 0.176 e. The van der Waals surface area contributed by atoms with Crippen molar-refractivity contribution in [3.05, 3.63) is 65.4 Å². The van der Waals surface area contributed by atoms with Crippen LogP contribution in [-0.4, -0.2) is 7.11 Å². The number of hydrogen-bond acceptors (Lipinski definition) is 3. The van der Waals surface area contributed by atoms with Crippen LogP contribution < -0.4 is 10.1 Å². The SMILES string of the molecule is COc1cccc2cc(CN[C@@H](C)c3ccc(F)c(F)c3)oc12. The van der Waals surface area contributed by atoms with Crippen LogP contribution in [0.5, 0.6) is 5.75 Å². The van der Waals surface area contributed by atoms with Gasteiger partial charge in [-0.1, -0.05) is 18.2 Å². The second kappa shape index (κ2) is 6.38. The van der Waals surface area contributed by atoms with Gasteiger partial charge in [-0.05, 0) is 36.8 Å². The first-order valence-corrected chi connectivity index (χ1v) is 7.32. The van der Waals surface area contributed by atoms with Gasteiger partial charge in [0.1, 0.15) is 5.76 Å². The maximum atomic E-state index is 13.3. The Morgan fingerprint density at radius 1 is 1.13 bits per heavy atom. The Bertz CT molecular complexity index is 829. The van der Waals surface area contributed by atoms with E-state index in [2.05, 4.69) is 5.32 Å². The molecule has 3 nitrogen and oxygen atoms in total. The highest BCUT2D eigenvalue weighted by atomic mass is 19.2. The van der Waals surface area contributed by atoms with Crippen molar-refractivity contribution in [1.29, 1.82) is 0 Å². The highest BCUT2D eigenvalue weighted by Gasteiger charge is 2.12. The average molecular weight is 317 g/mol. The first-order chi connectivity index (χ1) is 11.1. The molecule has 0 unspecified atom stereocenters. The zero-order valence-electron chi connectivity index (χ0n) is 12.9. The van der Waals surface area contributed by atoms with Gasteiger partial charge >= 0.3 is 0 Å². The van der Waals surface area contributed by atoms with Crippen molar-refractivity contribution < 1.29 is 17.9 Å². The lowest BCUT2D eigenvalue weighted by Crippen LogP contribution is -2.18.